The minimum absolute atomic E-state index is 0.0290. The number of phenols is 1. The first-order valence-corrected chi connectivity index (χ1v) is 8.70. The van der Waals surface area contributed by atoms with Crippen LogP contribution in [-0.2, 0) is 11.2 Å². The lowest BCUT2D eigenvalue weighted by molar-refractivity contribution is -0.130. The van der Waals surface area contributed by atoms with Crippen LogP contribution in [0.25, 0.3) is 16.3 Å². The summed E-state index contributed by atoms with van der Waals surface area (Å²) >= 11 is 0. The fraction of sp³-hybridized carbons (Fsp3) is 0.174. The number of aliphatic carboxylic acids is 1. The number of methoxy groups -OCH3 is 1. The maximum Gasteiger partial charge on any atom is 0.336 e. The summed E-state index contributed by atoms with van der Waals surface area (Å²) in [6, 6.07) is 17.2. The minimum Gasteiger partial charge on any atom is -0.504 e. The third kappa shape index (κ3) is 3.51. The molecule has 0 aliphatic rings. The molecule has 3 aromatic rings. The quantitative estimate of drug-likeness (QED) is 0.625. The summed E-state index contributed by atoms with van der Waals surface area (Å²) in [7, 11) is 1.47. The summed E-state index contributed by atoms with van der Waals surface area (Å²) in [5.74, 6) is -0.711. The third-order valence-corrected chi connectivity index (χ3v) is 4.63. The molecule has 3 rings (SSSR count). The molecule has 0 bridgehead atoms. The zero-order valence-corrected chi connectivity index (χ0v) is 15.6. The molecule has 27 heavy (non-hydrogen) atoms. The number of phenolic OH excluding ortho intramolecular Hbond substituents is 1. The SMILES string of the molecule is COc1cc(C(C(=O)O)=C(C)C)c2cccc(Cc3ccccc3)c2c1O. The zero-order valence-electron chi connectivity index (χ0n) is 15.6. The van der Waals surface area contributed by atoms with E-state index in [9.17, 15) is 15.0 Å². The van der Waals surface area contributed by atoms with E-state index in [4.69, 9.17) is 4.74 Å². The standard InChI is InChI=1S/C23H22O4/c1-14(2)20(23(25)26)18-13-19(27-3)22(24)21-16(10-7-11-17(18)21)12-15-8-5-4-6-9-15/h4-11,13,24H,12H2,1-3H3,(H,25,26). The summed E-state index contributed by atoms with van der Waals surface area (Å²) in [5, 5.41) is 21.9. The Morgan fingerprint density at radius 2 is 1.74 bits per heavy atom. The Balaban J connectivity index is 2.34. The highest BCUT2D eigenvalue weighted by molar-refractivity contribution is 6.21. The van der Waals surface area contributed by atoms with E-state index in [1.807, 2.05) is 48.5 Å². The van der Waals surface area contributed by atoms with E-state index in [2.05, 4.69) is 0 Å². The molecule has 0 spiro atoms. The van der Waals surface area contributed by atoms with Gasteiger partial charge in [-0.05, 0) is 42.8 Å². The molecule has 0 heterocycles. The lowest BCUT2D eigenvalue weighted by atomic mass is 9.90. The number of carbonyl (C=O) groups is 1. The van der Waals surface area contributed by atoms with Gasteiger partial charge in [0.1, 0.15) is 0 Å². The van der Waals surface area contributed by atoms with Crippen molar-refractivity contribution in [1.82, 2.24) is 0 Å². The topological polar surface area (TPSA) is 66.8 Å². The Morgan fingerprint density at radius 1 is 1.04 bits per heavy atom. The van der Waals surface area contributed by atoms with E-state index in [0.29, 0.717) is 28.3 Å². The summed E-state index contributed by atoms with van der Waals surface area (Å²) in [6.45, 7) is 3.53. The van der Waals surface area contributed by atoms with Gasteiger partial charge >= 0.3 is 5.97 Å². The van der Waals surface area contributed by atoms with Crippen LogP contribution >= 0.6 is 0 Å². The highest BCUT2D eigenvalue weighted by atomic mass is 16.5. The average Bonchev–Trinajstić information content (AvgIpc) is 2.64. The smallest absolute Gasteiger partial charge is 0.336 e. The molecule has 0 saturated carbocycles. The van der Waals surface area contributed by atoms with Crippen molar-refractivity contribution < 1.29 is 19.7 Å². The molecule has 138 valence electrons. The maximum absolute atomic E-state index is 11.9. The monoisotopic (exact) mass is 362 g/mol. The van der Waals surface area contributed by atoms with Crippen LogP contribution in [0, 0.1) is 0 Å². The molecule has 0 saturated heterocycles. The number of fused-ring (bicyclic) bond motifs is 1. The van der Waals surface area contributed by atoms with Crippen LogP contribution in [0.3, 0.4) is 0 Å². The molecule has 0 unspecified atom stereocenters. The molecule has 0 radical (unpaired) electrons. The second-order valence-electron chi connectivity index (χ2n) is 6.66. The summed E-state index contributed by atoms with van der Waals surface area (Å²) < 4.78 is 5.34. The van der Waals surface area contributed by atoms with Gasteiger partial charge in [0.15, 0.2) is 11.5 Å². The normalized spacial score (nSPS) is 10.6. The predicted molar refractivity (Wildman–Crippen MR) is 107 cm³/mol. The summed E-state index contributed by atoms with van der Waals surface area (Å²) in [5.41, 5.74) is 3.46. The fourth-order valence-electron chi connectivity index (χ4n) is 3.43. The number of aromatic hydroxyl groups is 1. The third-order valence-electron chi connectivity index (χ3n) is 4.63. The van der Waals surface area contributed by atoms with E-state index in [1.165, 1.54) is 7.11 Å². The second-order valence-corrected chi connectivity index (χ2v) is 6.66. The molecule has 0 atom stereocenters. The number of ether oxygens (including phenoxy) is 1. The van der Waals surface area contributed by atoms with Gasteiger partial charge in [0.05, 0.1) is 12.7 Å². The summed E-state index contributed by atoms with van der Waals surface area (Å²) in [6.07, 6.45) is 0.621. The number of hydrogen-bond acceptors (Lipinski definition) is 3. The average molecular weight is 362 g/mol. The largest absolute Gasteiger partial charge is 0.504 e. The van der Waals surface area contributed by atoms with Crippen molar-refractivity contribution in [1.29, 1.82) is 0 Å². The molecular weight excluding hydrogens is 340 g/mol. The van der Waals surface area contributed by atoms with E-state index < -0.39 is 5.97 Å². The van der Waals surface area contributed by atoms with Crippen molar-refractivity contribution in [3.63, 3.8) is 0 Å². The molecule has 0 aliphatic carbocycles. The van der Waals surface area contributed by atoms with Crippen LogP contribution in [-0.4, -0.2) is 23.3 Å². The molecule has 0 fully saturated rings. The summed E-state index contributed by atoms with van der Waals surface area (Å²) in [4.78, 5) is 11.9. The molecule has 4 nitrogen and oxygen atoms in total. The first-order valence-electron chi connectivity index (χ1n) is 8.70. The van der Waals surface area contributed by atoms with Crippen LogP contribution in [0.4, 0.5) is 0 Å². The van der Waals surface area contributed by atoms with Crippen molar-refractivity contribution in [2.75, 3.05) is 7.11 Å². The molecular formula is C23H22O4. The lowest BCUT2D eigenvalue weighted by Gasteiger charge is -2.16. The van der Waals surface area contributed by atoms with Gasteiger partial charge in [-0.3, -0.25) is 0 Å². The van der Waals surface area contributed by atoms with Crippen LogP contribution in [0.5, 0.6) is 11.5 Å². The van der Waals surface area contributed by atoms with Gasteiger partial charge in [-0.25, -0.2) is 4.79 Å². The fourth-order valence-corrected chi connectivity index (χ4v) is 3.43. The van der Waals surface area contributed by atoms with Gasteiger partial charge in [-0.1, -0.05) is 54.1 Å². The van der Waals surface area contributed by atoms with Crippen LogP contribution in [0.1, 0.15) is 30.5 Å². The van der Waals surface area contributed by atoms with E-state index >= 15 is 0 Å². The van der Waals surface area contributed by atoms with Gasteiger partial charge in [0, 0.05) is 10.9 Å². The van der Waals surface area contributed by atoms with Crippen molar-refractivity contribution in [3.8, 4) is 11.5 Å². The van der Waals surface area contributed by atoms with Gasteiger partial charge < -0.3 is 14.9 Å². The molecule has 2 N–H and O–H groups in total. The van der Waals surface area contributed by atoms with E-state index in [1.54, 1.807) is 19.9 Å². The van der Waals surface area contributed by atoms with Crippen molar-refractivity contribution in [2.45, 2.75) is 20.3 Å². The Labute approximate surface area is 158 Å². The van der Waals surface area contributed by atoms with Crippen molar-refractivity contribution >= 4 is 22.3 Å². The van der Waals surface area contributed by atoms with Crippen molar-refractivity contribution in [3.05, 3.63) is 76.9 Å². The Hall–Kier alpha value is -3.27. The molecule has 4 heteroatoms. The molecule has 0 amide bonds. The van der Waals surface area contributed by atoms with Crippen LogP contribution < -0.4 is 4.74 Å². The van der Waals surface area contributed by atoms with Crippen LogP contribution in [0.15, 0.2) is 60.2 Å². The molecule has 3 aromatic carbocycles. The first kappa shape index (κ1) is 18.5. The number of hydrogen-bond donors (Lipinski definition) is 2. The molecule has 0 aliphatic heterocycles. The number of carboxylic acid groups (broad SMARTS) is 1. The maximum atomic E-state index is 11.9. The number of benzene rings is 3. The van der Waals surface area contributed by atoms with Gasteiger partial charge in [-0.2, -0.15) is 0 Å². The van der Waals surface area contributed by atoms with Gasteiger partial charge in [0.25, 0.3) is 0 Å². The molecule has 0 aromatic heterocycles. The first-order chi connectivity index (χ1) is 12.9. The second kappa shape index (κ2) is 7.54. The van der Waals surface area contributed by atoms with Crippen molar-refractivity contribution in [2.24, 2.45) is 0 Å². The lowest BCUT2D eigenvalue weighted by Crippen LogP contribution is -2.04. The number of carboxylic acids is 1. The van der Waals surface area contributed by atoms with E-state index in [-0.39, 0.29) is 17.1 Å². The zero-order chi connectivity index (χ0) is 19.6. The van der Waals surface area contributed by atoms with Gasteiger partial charge in [-0.15, -0.1) is 0 Å². The predicted octanol–water partition coefficient (Wildman–Crippen LogP) is 5.02. The Morgan fingerprint density at radius 3 is 2.33 bits per heavy atom. The number of rotatable bonds is 5. The van der Waals surface area contributed by atoms with Gasteiger partial charge in [0.2, 0.25) is 0 Å². The Kier molecular flexibility index (Phi) is 5.17. The Bertz CT molecular complexity index is 1030. The minimum atomic E-state index is -1.00. The highest BCUT2D eigenvalue weighted by Gasteiger charge is 2.21. The number of allylic oxidation sites excluding steroid dienone is 1. The van der Waals surface area contributed by atoms with Crippen LogP contribution in [0.2, 0.25) is 0 Å². The highest BCUT2D eigenvalue weighted by Crippen LogP contribution is 2.42. The van der Waals surface area contributed by atoms with E-state index in [0.717, 1.165) is 11.1 Å².